The Labute approximate surface area is 81.9 Å². The minimum Gasteiger partial charge on any atom is -0.348 e. The van der Waals surface area contributed by atoms with E-state index in [0.29, 0.717) is 18.0 Å². The van der Waals surface area contributed by atoms with E-state index in [9.17, 15) is 4.79 Å². The van der Waals surface area contributed by atoms with E-state index in [4.69, 9.17) is 11.6 Å². The second-order valence-electron chi connectivity index (χ2n) is 2.31. The van der Waals surface area contributed by atoms with Gasteiger partial charge in [0, 0.05) is 10.6 Å². The molecule has 66 valence electrons. The van der Waals surface area contributed by atoms with Gasteiger partial charge in [-0.3, -0.25) is 4.79 Å². The van der Waals surface area contributed by atoms with E-state index in [-0.39, 0.29) is 0 Å². The number of nitrogens with one attached hydrogen (secondary N) is 1. The molecule has 0 saturated carbocycles. The Balaban J connectivity index is 2.56. The first kappa shape index (κ1) is 9.63. The van der Waals surface area contributed by atoms with Crippen LogP contribution in [0.1, 0.15) is 5.56 Å². The quantitative estimate of drug-likeness (QED) is 0.430. The smallest absolute Gasteiger partial charge is 0.207 e. The zero-order chi connectivity index (χ0) is 9.52. The van der Waals surface area contributed by atoms with Gasteiger partial charge >= 0.3 is 0 Å². The van der Waals surface area contributed by atoms with Gasteiger partial charge in [0.15, 0.2) is 0 Å². The van der Waals surface area contributed by atoms with Crippen molar-refractivity contribution in [3.63, 3.8) is 0 Å². The van der Waals surface area contributed by atoms with Crippen LogP contribution in [0.15, 0.2) is 24.3 Å². The number of amides is 1. The number of carbonyl (C=O) groups excluding carboxylic acids is 1. The summed E-state index contributed by atoms with van der Waals surface area (Å²) in [4.78, 5) is 9.86. The first-order chi connectivity index (χ1) is 6.33. The molecule has 0 aliphatic heterocycles. The summed E-state index contributed by atoms with van der Waals surface area (Å²) in [5.41, 5.74) is 0.886. The molecule has 0 radical (unpaired) electrons. The van der Waals surface area contributed by atoms with Gasteiger partial charge in [0.2, 0.25) is 6.41 Å². The van der Waals surface area contributed by atoms with E-state index < -0.39 is 0 Å². The predicted molar refractivity (Wildman–Crippen MR) is 52.4 cm³/mol. The normalized spacial score (nSPS) is 8.38. The minimum absolute atomic E-state index is 0.367. The van der Waals surface area contributed by atoms with Crippen LogP contribution in [0.4, 0.5) is 0 Å². The van der Waals surface area contributed by atoms with E-state index in [0.717, 1.165) is 5.56 Å². The van der Waals surface area contributed by atoms with Crippen molar-refractivity contribution in [1.29, 1.82) is 0 Å². The van der Waals surface area contributed by atoms with Crippen LogP contribution in [0, 0.1) is 11.8 Å². The first-order valence-electron chi connectivity index (χ1n) is 3.74. The molecule has 0 heterocycles. The first-order valence-corrected chi connectivity index (χ1v) is 4.12. The van der Waals surface area contributed by atoms with Gasteiger partial charge in [-0.2, -0.15) is 0 Å². The predicted octanol–water partition coefficient (Wildman–Crippen LogP) is 1.44. The van der Waals surface area contributed by atoms with Crippen molar-refractivity contribution in [1.82, 2.24) is 5.32 Å². The lowest BCUT2D eigenvalue weighted by atomic mass is 10.2. The number of hydrogen-bond donors (Lipinski definition) is 1. The molecule has 0 atom stereocenters. The summed E-state index contributed by atoms with van der Waals surface area (Å²) in [7, 11) is 0. The van der Waals surface area contributed by atoms with Gasteiger partial charge in [0.1, 0.15) is 0 Å². The molecule has 1 amide bonds. The lowest BCUT2D eigenvalue weighted by Crippen LogP contribution is -2.09. The second kappa shape index (κ2) is 5.23. The Morgan fingerprint density at radius 3 is 2.69 bits per heavy atom. The summed E-state index contributed by atoms with van der Waals surface area (Å²) in [6, 6.07) is 7.21. The highest BCUT2D eigenvalue weighted by Crippen LogP contribution is 2.07. The Hall–Kier alpha value is -1.46. The molecule has 1 aromatic rings. The highest BCUT2D eigenvalue weighted by atomic mass is 35.5. The molecule has 1 rings (SSSR count). The number of halogens is 1. The van der Waals surface area contributed by atoms with Crippen LogP contribution in [0.2, 0.25) is 5.02 Å². The molecule has 13 heavy (non-hydrogen) atoms. The van der Waals surface area contributed by atoms with Gasteiger partial charge in [-0.1, -0.05) is 23.4 Å². The second-order valence-corrected chi connectivity index (χ2v) is 2.74. The molecule has 0 aliphatic carbocycles. The molecule has 0 saturated heterocycles. The van der Waals surface area contributed by atoms with Gasteiger partial charge in [0.25, 0.3) is 0 Å². The largest absolute Gasteiger partial charge is 0.348 e. The molecule has 0 bridgehead atoms. The van der Waals surface area contributed by atoms with Crippen LogP contribution >= 0.6 is 11.6 Å². The van der Waals surface area contributed by atoms with Crippen molar-refractivity contribution >= 4 is 18.0 Å². The maximum Gasteiger partial charge on any atom is 0.207 e. The van der Waals surface area contributed by atoms with Crippen LogP contribution in [-0.2, 0) is 4.79 Å². The number of carbonyl (C=O) groups is 1. The Morgan fingerprint density at radius 1 is 1.38 bits per heavy atom. The highest BCUT2D eigenvalue weighted by molar-refractivity contribution is 6.30. The van der Waals surface area contributed by atoms with Crippen LogP contribution in [-0.4, -0.2) is 13.0 Å². The van der Waals surface area contributed by atoms with Crippen LogP contribution in [0.3, 0.4) is 0 Å². The van der Waals surface area contributed by atoms with Crippen molar-refractivity contribution in [3.05, 3.63) is 34.9 Å². The molecular weight excluding hydrogens is 186 g/mol. The van der Waals surface area contributed by atoms with E-state index in [1.165, 1.54) is 0 Å². The molecular formula is C10H8ClNO. The molecule has 3 heteroatoms. The molecule has 0 unspecified atom stereocenters. The highest BCUT2D eigenvalue weighted by Gasteiger charge is 1.86. The average molecular weight is 194 g/mol. The van der Waals surface area contributed by atoms with Crippen molar-refractivity contribution < 1.29 is 4.79 Å². The maximum atomic E-state index is 9.86. The number of hydrogen-bond acceptors (Lipinski definition) is 1. The zero-order valence-electron chi connectivity index (χ0n) is 6.88. The standard InChI is InChI=1S/C10H8ClNO/c11-10-5-3-9(4-6-10)2-1-7-12-8-13/h3-6,8H,7H2,(H,12,13). The van der Waals surface area contributed by atoms with Crippen LogP contribution in [0.25, 0.3) is 0 Å². The van der Waals surface area contributed by atoms with E-state index in [1.807, 2.05) is 12.1 Å². The van der Waals surface area contributed by atoms with Gasteiger partial charge < -0.3 is 5.32 Å². The zero-order valence-corrected chi connectivity index (χ0v) is 7.64. The maximum absolute atomic E-state index is 9.86. The summed E-state index contributed by atoms with van der Waals surface area (Å²) in [5, 5.41) is 3.14. The number of benzene rings is 1. The van der Waals surface area contributed by atoms with E-state index in [1.54, 1.807) is 12.1 Å². The van der Waals surface area contributed by atoms with Crippen LogP contribution < -0.4 is 5.32 Å². The Kier molecular flexibility index (Phi) is 3.87. The molecule has 1 N–H and O–H groups in total. The summed E-state index contributed by atoms with van der Waals surface area (Å²) in [5.74, 6) is 5.66. The summed E-state index contributed by atoms with van der Waals surface area (Å²) in [6.45, 7) is 0.367. The molecule has 0 fully saturated rings. The summed E-state index contributed by atoms with van der Waals surface area (Å²) in [6.07, 6.45) is 0.622. The molecule has 2 nitrogen and oxygen atoms in total. The van der Waals surface area contributed by atoms with Gasteiger partial charge in [-0.05, 0) is 24.3 Å². The average Bonchev–Trinajstić information content (AvgIpc) is 2.15. The molecule has 0 spiro atoms. The third-order valence-corrected chi connectivity index (χ3v) is 1.60. The lowest BCUT2D eigenvalue weighted by Gasteiger charge is -1.89. The third-order valence-electron chi connectivity index (χ3n) is 1.35. The van der Waals surface area contributed by atoms with Crippen molar-refractivity contribution in [2.45, 2.75) is 0 Å². The monoisotopic (exact) mass is 193 g/mol. The molecule has 1 aromatic carbocycles. The Morgan fingerprint density at radius 2 is 2.08 bits per heavy atom. The van der Waals surface area contributed by atoms with Gasteiger partial charge in [-0.25, -0.2) is 0 Å². The fourth-order valence-electron chi connectivity index (χ4n) is 0.772. The molecule has 0 aliphatic rings. The minimum atomic E-state index is 0.367. The summed E-state index contributed by atoms with van der Waals surface area (Å²) < 4.78 is 0. The lowest BCUT2D eigenvalue weighted by molar-refractivity contribution is -0.109. The van der Waals surface area contributed by atoms with Gasteiger partial charge in [0.05, 0.1) is 6.54 Å². The van der Waals surface area contributed by atoms with Crippen molar-refractivity contribution in [3.8, 4) is 11.8 Å². The van der Waals surface area contributed by atoms with Crippen molar-refractivity contribution in [2.75, 3.05) is 6.54 Å². The fraction of sp³-hybridized carbons (Fsp3) is 0.100. The SMILES string of the molecule is O=CNCC#Cc1ccc(Cl)cc1. The summed E-state index contributed by atoms with van der Waals surface area (Å²) >= 11 is 5.69. The number of rotatable bonds is 2. The van der Waals surface area contributed by atoms with Crippen molar-refractivity contribution in [2.24, 2.45) is 0 Å². The van der Waals surface area contributed by atoms with E-state index in [2.05, 4.69) is 17.2 Å². The third kappa shape index (κ3) is 3.64. The topological polar surface area (TPSA) is 29.1 Å². The Bertz CT molecular complexity index is 334. The molecule has 0 aromatic heterocycles. The van der Waals surface area contributed by atoms with Crippen LogP contribution in [0.5, 0.6) is 0 Å². The fourth-order valence-corrected chi connectivity index (χ4v) is 0.898. The van der Waals surface area contributed by atoms with E-state index >= 15 is 0 Å². The van der Waals surface area contributed by atoms with Gasteiger partial charge in [-0.15, -0.1) is 0 Å².